The highest BCUT2D eigenvalue weighted by Gasteiger charge is 2.23. The second kappa shape index (κ2) is 7.78. The molecule has 0 atom stereocenters. The number of rotatable bonds is 6. The number of nitrogens with zero attached hydrogens (tertiary/aromatic N) is 2. The molecule has 1 N–H and O–H groups in total. The topological polar surface area (TPSA) is 67.5 Å². The second-order valence-corrected chi connectivity index (χ2v) is 6.17. The number of nitrogens with one attached hydrogen (secondary N) is 1. The van der Waals surface area contributed by atoms with Gasteiger partial charge in [0.25, 0.3) is 0 Å². The van der Waals surface area contributed by atoms with Gasteiger partial charge >= 0.3 is 6.09 Å². The maximum absolute atomic E-state index is 12.3. The third-order valence-corrected chi connectivity index (χ3v) is 2.97. The number of hydrogen-bond acceptors (Lipinski definition) is 4. The molecular weight excluding hydrogens is 294 g/mol. The molecule has 2 aromatic rings. The smallest absolute Gasteiger partial charge is 0.434 e. The van der Waals surface area contributed by atoms with Crippen LogP contribution in [0.2, 0.25) is 0 Å². The highest BCUT2D eigenvalue weighted by Crippen LogP contribution is 2.12. The third-order valence-electron chi connectivity index (χ3n) is 2.97. The molecule has 0 aliphatic rings. The van der Waals surface area contributed by atoms with E-state index >= 15 is 0 Å². The van der Waals surface area contributed by atoms with E-state index in [1.54, 1.807) is 12.5 Å². The van der Waals surface area contributed by atoms with Gasteiger partial charge in [0.15, 0.2) is 0 Å². The predicted molar refractivity (Wildman–Crippen MR) is 86.5 cm³/mol. The second-order valence-electron chi connectivity index (χ2n) is 6.17. The Morgan fingerprint density at radius 3 is 2.61 bits per heavy atom. The van der Waals surface area contributed by atoms with E-state index in [-0.39, 0.29) is 0 Å². The van der Waals surface area contributed by atoms with Crippen LogP contribution in [-0.2, 0) is 22.6 Å². The summed E-state index contributed by atoms with van der Waals surface area (Å²) in [6.07, 6.45) is 3.45. The number of aromatic amines is 1. The van der Waals surface area contributed by atoms with Gasteiger partial charge in [0.2, 0.25) is 0 Å². The molecule has 23 heavy (non-hydrogen) atoms. The van der Waals surface area contributed by atoms with Crippen molar-refractivity contribution in [3.05, 3.63) is 54.1 Å². The minimum absolute atomic E-state index is 0.309. The first kappa shape index (κ1) is 17.0. The summed E-state index contributed by atoms with van der Waals surface area (Å²) in [7, 11) is 0. The standard InChI is InChI=1S/C17H23N3O3/c1-17(2,3)23-16(21)20(10-9-15-11-18-13-19-15)22-12-14-7-5-4-6-8-14/h4-8,11,13H,9-10,12H2,1-3H3,(H,18,19). The van der Waals surface area contributed by atoms with Gasteiger partial charge in [-0.15, -0.1) is 0 Å². The number of carbonyl (C=O) groups is 1. The first-order chi connectivity index (χ1) is 10.9. The van der Waals surface area contributed by atoms with Crippen molar-refractivity contribution in [2.75, 3.05) is 6.54 Å². The molecule has 0 aliphatic heterocycles. The van der Waals surface area contributed by atoms with Gasteiger partial charge in [0, 0.05) is 18.3 Å². The Balaban J connectivity index is 1.96. The normalized spacial score (nSPS) is 11.3. The lowest BCUT2D eigenvalue weighted by Gasteiger charge is -2.26. The average Bonchev–Trinajstić information content (AvgIpc) is 2.99. The van der Waals surface area contributed by atoms with Gasteiger partial charge in [-0.25, -0.2) is 9.78 Å². The molecule has 0 unspecified atom stereocenters. The Hall–Kier alpha value is -2.34. The van der Waals surface area contributed by atoms with Crippen LogP contribution < -0.4 is 0 Å². The number of ether oxygens (including phenoxy) is 1. The predicted octanol–water partition coefficient (Wildman–Crippen LogP) is 3.32. The van der Waals surface area contributed by atoms with Crippen molar-refractivity contribution < 1.29 is 14.4 Å². The largest absolute Gasteiger partial charge is 0.442 e. The van der Waals surface area contributed by atoms with Crippen LogP contribution in [0, 0.1) is 0 Å². The molecule has 0 saturated heterocycles. The van der Waals surface area contributed by atoms with Crippen molar-refractivity contribution in [2.24, 2.45) is 0 Å². The van der Waals surface area contributed by atoms with Crippen molar-refractivity contribution >= 4 is 6.09 Å². The fourth-order valence-corrected chi connectivity index (χ4v) is 1.89. The van der Waals surface area contributed by atoms with Crippen LogP contribution in [0.25, 0.3) is 0 Å². The van der Waals surface area contributed by atoms with Crippen LogP contribution in [-0.4, -0.2) is 33.3 Å². The molecule has 124 valence electrons. The van der Waals surface area contributed by atoms with E-state index in [1.165, 1.54) is 5.06 Å². The first-order valence-electron chi connectivity index (χ1n) is 7.58. The number of benzene rings is 1. The SMILES string of the molecule is CC(C)(C)OC(=O)N(CCc1cnc[nH]1)OCc1ccccc1. The van der Waals surface area contributed by atoms with Crippen LogP contribution in [0.4, 0.5) is 4.79 Å². The summed E-state index contributed by atoms with van der Waals surface area (Å²) < 4.78 is 5.39. The molecule has 2 rings (SSSR count). The van der Waals surface area contributed by atoms with Gasteiger partial charge in [-0.1, -0.05) is 30.3 Å². The highest BCUT2D eigenvalue weighted by molar-refractivity contribution is 5.66. The number of hydrogen-bond donors (Lipinski definition) is 1. The molecule has 6 heteroatoms. The summed E-state index contributed by atoms with van der Waals surface area (Å²) in [5.74, 6) is 0. The quantitative estimate of drug-likeness (QED) is 0.830. The molecule has 1 aromatic heterocycles. The lowest BCUT2D eigenvalue weighted by atomic mass is 10.2. The van der Waals surface area contributed by atoms with E-state index in [0.29, 0.717) is 19.6 Å². The number of carbonyl (C=O) groups excluding carboxylic acids is 1. The lowest BCUT2D eigenvalue weighted by molar-refractivity contribution is -0.155. The van der Waals surface area contributed by atoms with Gasteiger partial charge in [-0.3, -0.25) is 4.84 Å². The molecule has 1 amide bonds. The van der Waals surface area contributed by atoms with Crippen molar-refractivity contribution in [1.29, 1.82) is 0 Å². The van der Waals surface area contributed by atoms with Crippen molar-refractivity contribution in [1.82, 2.24) is 15.0 Å². The molecule has 0 aliphatic carbocycles. The van der Waals surface area contributed by atoms with E-state index in [4.69, 9.17) is 9.57 Å². The minimum atomic E-state index is -0.570. The fourth-order valence-electron chi connectivity index (χ4n) is 1.89. The summed E-state index contributed by atoms with van der Waals surface area (Å²) in [6.45, 7) is 6.17. The number of imidazole rings is 1. The van der Waals surface area contributed by atoms with Crippen molar-refractivity contribution in [2.45, 2.75) is 39.4 Å². The summed E-state index contributed by atoms with van der Waals surface area (Å²) in [5, 5.41) is 1.26. The zero-order chi connectivity index (χ0) is 16.7. The van der Waals surface area contributed by atoms with E-state index in [9.17, 15) is 4.79 Å². The van der Waals surface area contributed by atoms with Crippen LogP contribution in [0.3, 0.4) is 0 Å². The molecule has 0 saturated carbocycles. The van der Waals surface area contributed by atoms with Gasteiger partial charge in [-0.2, -0.15) is 5.06 Å². The van der Waals surface area contributed by atoms with Crippen molar-refractivity contribution in [3.8, 4) is 0 Å². The van der Waals surface area contributed by atoms with Crippen LogP contribution >= 0.6 is 0 Å². The number of H-pyrrole nitrogens is 1. The molecule has 0 fully saturated rings. The fraction of sp³-hybridized carbons (Fsp3) is 0.412. The van der Waals surface area contributed by atoms with E-state index in [0.717, 1.165) is 11.3 Å². The molecule has 0 radical (unpaired) electrons. The Labute approximate surface area is 136 Å². The molecular formula is C17H23N3O3. The Morgan fingerprint density at radius 1 is 1.26 bits per heavy atom. The minimum Gasteiger partial charge on any atom is -0.442 e. The van der Waals surface area contributed by atoms with Crippen LogP contribution in [0.15, 0.2) is 42.9 Å². The molecule has 6 nitrogen and oxygen atoms in total. The summed E-state index contributed by atoms with van der Waals surface area (Å²) in [4.78, 5) is 24.9. The Bertz CT molecular complexity index is 591. The molecule has 1 aromatic carbocycles. The first-order valence-corrected chi connectivity index (χ1v) is 7.58. The van der Waals surface area contributed by atoms with E-state index in [2.05, 4.69) is 9.97 Å². The molecule has 1 heterocycles. The summed E-state index contributed by atoms with van der Waals surface area (Å²) in [6, 6.07) is 9.69. The molecule has 0 spiro atoms. The van der Waals surface area contributed by atoms with Gasteiger partial charge < -0.3 is 9.72 Å². The lowest BCUT2D eigenvalue weighted by Crippen LogP contribution is -2.38. The number of aromatic nitrogens is 2. The summed E-state index contributed by atoms with van der Waals surface area (Å²) in [5.41, 5.74) is 1.35. The number of amides is 1. The van der Waals surface area contributed by atoms with Gasteiger partial charge in [-0.05, 0) is 26.3 Å². The number of hydroxylamine groups is 2. The Morgan fingerprint density at radius 2 is 2.00 bits per heavy atom. The molecule has 0 bridgehead atoms. The third kappa shape index (κ3) is 6.12. The van der Waals surface area contributed by atoms with E-state index in [1.807, 2.05) is 51.1 Å². The van der Waals surface area contributed by atoms with Crippen LogP contribution in [0.1, 0.15) is 32.0 Å². The maximum Gasteiger partial charge on any atom is 0.434 e. The van der Waals surface area contributed by atoms with Crippen LogP contribution in [0.5, 0.6) is 0 Å². The van der Waals surface area contributed by atoms with E-state index < -0.39 is 11.7 Å². The Kier molecular flexibility index (Phi) is 5.76. The summed E-state index contributed by atoms with van der Waals surface area (Å²) >= 11 is 0. The maximum atomic E-state index is 12.3. The zero-order valence-electron chi connectivity index (χ0n) is 13.8. The van der Waals surface area contributed by atoms with Gasteiger partial charge in [0.05, 0.1) is 12.9 Å². The van der Waals surface area contributed by atoms with Crippen molar-refractivity contribution in [3.63, 3.8) is 0 Å². The van der Waals surface area contributed by atoms with Gasteiger partial charge in [0.1, 0.15) is 12.2 Å². The zero-order valence-corrected chi connectivity index (χ0v) is 13.8. The monoisotopic (exact) mass is 317 g/mol. The average molecular weight is 317 g/mol. The highest BCUT2D eigenvalue weighted by atomic mass is 16.7.